The molecule has 2 N–H and O–H groups in total. The quantitative estimate of drug-likeness (QED) is 0.787. The molecule has 0 spiro atoms. The van der Waals surface area contributed by atoms with Crippen LogP contribution in [-0.2, 0) is 20.8 Å². The summed E-state index contributed by atoms with van der Waals surface area (Å²) in [6.45, 7) is 1.65. The summed E-state index contributed by atoms with van der Waals surface area (Å²) in [4.78, 5) is 11.9. The fourth-order valence-electron chi connectivity index (χ4n) is 2.49. The van der Waals surface area contributed by atoms with Crippen molar-refractivity contribution in [2.24, 2.45) is 0 Å². The van der Waals surface area contributed by atoms with Gasteiger partial charge in [0.1, 0.15) is 5.75 Å². The highest BCUT2D eigenvalue weighted by Gasteiger charge is 2.31. The van der Waals surface area contributed by atoms with Crippen LogP contribution in [0.2, 0.25) is 0 Å². The van der Waals surface area contributed by atoms with Crippen LogP contribution in [0, 0.1) is 0 Å². The van der Waals surface area contributed by atoms with Gasteiger partial charge in [-0.05, 0) is 31.5 Å². The third kappa shape index (κ3) is 5.52. The van der Waals surface area contributed by atoms with Crippen molar-refractivity contribution in [1.29, 1.82) is 0 Å². The van der Waals surface area contributed by atoms with Crippen LogP contribution >= 0.6 is 0 Å². The standard InChI is InChI=1S/C15H19F3N2O4S/c1-2-24-13-4-3-10(15(16,17)18)7-12(13)19-8-14(21)20-11-5-6-25(22,23)9-11/h3-4,7,11,19H,2,5-6,8-9H2,1H3,(H,20,21). The lowest BCUT2D eigenvalue weighted by molar-refractivity contribution is -0.137. The first-order chi connectivity index (χ1) is 11.6. The number of alkyl halides is 3. The smallest absolute Gasteiger partial charge is 0.416 e. The summed E-state index contributed by atoms with van der Waals surface area (Å²) in [7, 11) is -3.12. The van der Waals surface area contributed by atoms with E-state index in [1.807, 2.05) is 0 Å². The first-order valence-corrected chi connectivity index (χ1v) is 9.50. The molecule has 0 saturated carbocycles. The first kappa shape index (κ1) is 19.4. The Morgan fingerprint density at radius 1 is 1.36 bits per heavy atom. The van der Waals surface area contributed by atoms with Crippen LogP contribution in [0.1, 0.15) is 18.9 Å². The fraction of sp³-hybridized carbons (Fsp3) is 0.533. The van der Waals surface area contributed by atoms with Crippen LogP contribution in [0.4, 0.5) is 18.9 Å². The summed E-state index contributed by atoms with van der Waals surface area (Å²) < 4.78 is 66.4. The number of carbonyl (C=O) groups is 1. The van der Waals surface area contributed by atoms with Gasteiger partial charge in [0.05, 0.1) is 35.9 Å². The van der Waals surface area contributed by atoms with Gasteiger partial charge in [0.15, 0.2) is 9.84 Å². The lowest BCUT2D eigenvalue weighted by Crippen LogP contribution is -2.39. The molecule has 1 fully saturated rings. The van der Waals surface area contributed by atoms with E-state index in [1.165, 1.54) is 6.07 Å². The Kier molecular flexibility index (Phi) is 5.81. The second-order valence-electron chi connectivity index (χ2n) is 5.66. The predicted octanol–water partition coefficient (Wildman–Crippen LogP) is 1.82. The predicted molar refractivity (Wildman–Crippen MR) is 86.3 cm³/mol. The second kappa shape index (κ2) is 7.51. The second-order valence-corrected chi connectivity index (χ2v) is 7.89. The van der Waals surface area contributed by atoms with Gasteiger partial charge in [0, 0.05) is 6.04 Å². The van der Waals surface area contributed by atoms with Crippen molar-refractivity contribution >= 4 is 21.4 Å². The lowest BCUT2D eigenvalue weighted by Gasteiger charge is -2.16. The Morgan fingerprint density at radius 2 is 2.08 bits per heavy atom. The third-order valence-electron chi connectivity index (χ3n) is 3.64. The topological polar surface area (TPSA) is 84.5 Å². The number of anilines is 1. The van der Waals surface area contributed by atoms with Gasteiger partial charge in [0.2, 0.25) is 5.91 Å². The molecule has 0 radical (unpaired) electrons. The third-order valence-corrected chi connectivity index (χ3v) is 5.41. The van der Waals surface area contributed by atoms with Crippen molar-refractivity contribution in [3.05, 3.63) is 23.8 Å². The van der Waals surface area contributed by atoms with E-state index in [2.05, 4.69) is 10.6 Å². The van der Waals surface area contributed by atoms with E-state index >= 15 is 0 Å². The van der Waals surface area contributed by atoms with Gasteiger partial charge in [-0.25, -0.2) is 8.42 Å². The van der Waals surface area contributed by atoms with Gasteiger partial charge < -0.3 is 15.4 Å². The molecule has 1 amide bonds. The summed E-state index contributed by atoms with van der Waals surface area (Å²) in [5.74, 6) is -0.395. The number of rotatable bonds is 6. The van der Waals surface area contributed by atoms with E-state index < -0.39 is 33.5 Å². The molecule has 0 aromatic heterocycles. The van der Waals surface area contributed by atoms with Crippen LogP contribution in [-0.4, -0.2) is 45.0 Å². The number of benzene rings is 1. The minimum absolute atomic E-state index is 0.0213. The van der Waals surface area contributed by atoms with Crippen molar-refractivity contribution in [2.75, 3.05) is 30.0 Å². The highest BCUT2D eigenvalue weighted by atomic mass is 32.2. The molecule has 1 aliphatic rings. The van der Waals surface area contributed by atoms with Gasteiger partial charge in [-0.15, -0.1) is 0 Å². The van der Waals surface area contributed by atoms with Crippen LogP contribution in [0.3, 0.4) is 0 Å². The average Bonchev–Trinajstić information content (AvgIpc) is 2.84. The van der Waals surface area contributed by atoms with Gasteiger partial charge in [-0.3, -0.25) is 4.79 Å². The Bertz CT molecular complexity index is 735. The SMILES string of the molecule is CCOc1ccc(C(F)(F)F)cc1NCC(=O)NC1CCS(=O)(=O)C1. The van der Waals surface area contributed by atoms with Gasteiger partial charge in [-0.2, -0.15) is 13.2 Å². The number of nitrogens with one attached hydrogen (secondary N) is 2. The van der Waals surface area contributed by atoms with E-state index in [1.54, 1.807) is 6.92 Å². The summed E-state index contributed by atoms with van der Waals surface area (Å²) >= 11 is 0. The molecule has 1 unspecified atom stereocenters. The summed E-state index contributed by atoms with van der Waals surface area (Å²) in [5, 5.41) is 5.18. The molecule has 10 heteroatoms. The van der Waals surface area contributed by atoms with E-state index in [4.69, 9.17) is 4.74 Å². The highest BCUT2D eigenvalue weighted by molar-refractivity contribution is 7.91. The monoisotopic (exact) mass is 380 g/mol. The van der Waals surface area contributed by atoms with Gasteiger partial charge in [0.25, 0.3) is 0 Å². The van der Waals surface area contributed by atoms with E-state index in [-0.39, 0.29) is 36.1 Å². The number of halogens is 3. The van der Waals surface area contributed by atoms with Crippen LogP contribution in [0.25, 0.3) is 0 Å². The Balaban J connectivity index is 2.01. The fourth-order valence-corrected chi connectivity index (χ4v) is 4.16. The summed E-state index contributed by atoms with van der Waals surface area (Å²) in [6, 6.07) is 2.50. The molecular weight excluding hydrogens is 361 g/mol. The Morgan fingerprint density at radius 3 is 2.64 bits per heavy atom. The Labute approximate surface area is 143 Å². The van der Waals surface area contributed by atoms with E-state index in [9.17, 15) is 26.4 Å². The van der Waals surface area contributed by atoms with E-state index in [0.29, 0.717) is 6.42 Å². The number of ether oxygens (including phenoxy) is 1. The molecule has 1 saturated heterocycles. The van der Waals surface area contributed by atoms with Crippen LogP contribution < -0.4 is 15.4 Å². The highest BCUT2D eigenvalue weighted by Crippen LogP contribution is 2.35. The minimum atomic E-state index is -4.51. The number of hydrogen-bond donors (Lipinski definition) is 2. The molecule has 0 bridgehead atoms. The van der Waals surface area contributed by atoms with E-state index in [0.717, 1.165) is 12.1 Å². The van der Waals surface area contributed by atoms with Crippen LogP contribution in [0.15, 0.2) is 18.2 Å². The number of amides is 1. The zero-order chi connectivity index (χ0) is 18.7. The molecule has 1 heterocycles. The molecule has 6 nitrogen and oxygen atoms in total. The number of carbonyl (C=O) groups excluding carboxylic acids is 1. The zero-order valence-electron chi connectivity index (χ0n) is 13.5. The largest absolute Gasteiger partial charge is 0.492 e. The average molecular weight is 380 g/mol. The maximum absolute atomic E-state index is 12.8. The number of sulfone groups is 1. The minimum Gasteiger partial charge on any atom is -0.492 e. The maximum atomic E-state index is 12.8. The molecule has 25 heavy (non-hydrogen) atoms. The molecule has 2 rings (SSSR count). The molecule has 140 valence electrons. The zero-order valence-corrected chi connectivity index (χ0v) is 14.3. The van der Waals surface area contributed by atoms with Gasteiger partial charge in [-0.1, -0.05) is 0 Å². The molecular formula is C15H19F3N2O4S. The van der Waals surface area contributed by atoms with Crippen molar-refractivity contribution in [1.82, 2.24) is 5.32 Å². The first-order valence-electron chi connectivity index (χ1n) is 7.68. The molecule has 1 aromatic carbocycles. The molecule has 0 aliphatic carbocycles. The van der Waals surface area contributed by atoms with Crippen molar-refractivity contribution < 1.29 is 31.1 Å². The van der Waals surface area contributed by atoms with Crippen molar-refractivity contribution in [3.8, 4) is 5.75 Å². The number of hydrogen-bond acceptors (Lipinski definition) is 5. The van der Waals surface area contributed by atoms with Crippen molar-refractivity contribution in [3.63, 3.8) is 0 Å². The maximum Gasteiger partial charge on any atom is 0.416 e. The van der Waals surface area contributed by atoms with Gasteiger partial charge >= 0.3 is 6.18 Å². The molecule has 1 atom stereocenters. The summed E-state index contributed by atoms with van der Waals surface area (Å²) in [6.07, 6.45) is -4.18. The lowest BCUT2D eigenvalue weighted by atomic mass is 10.1. The normalized spacial score (nSPS) is 19.4. The van der Waals surface area contributed by atoms with Crippen LogP contribution in [0.5, 0.6) is 5.75 Å². The molecule has 1 aromatic rings. The van der Waals surface area contributed by atoms with Crippen molar-refractivity contribution in [2.45, 2.75) is 25.6 Å². The molecule has 1 aliphatic heterocycles. The Hall–Kier alpha value is -1.97. The summed E-state index contributed by atoms with van der Waals surface area (Å²) in [5.41, 5.74) is -0.813.